The third kappa shape index (κ3) is 6.55. The van der Waals surface area contributed by atoms with Crippen molar-refractivity contribution in [1.29, 1.82) is 0 Å². The number of methoxy groups -OCH3 is 2. The first-order valence-corrected chi connectivity index (χ1v) is 7.49. The number of hydrogen-bond acceptors (Lipinski definition) is 5. The van der Waals surface area contributed by atoms with E-state index in [2.05, 4.69) is 30.8 Å². The van der Waals surface area contributed by atoms with E-state index in [1.807, 2.05) is 0 Å². The minimum absolute atomic E-state index is 0.202. The average molecular weight is 337 g/mol. The molecule has 1 aromatic rings. The summed E-state index contributed by atoms with van der Waals surface area (Å²) in [6.45, 7) is 0. The van der Waals surface area contributed by atoms with E-state index in [4.69, 9.17) is 8.42 Å². The lowest BCUT2D eigenvalue weighted by Gasteiger charge is -2.06. The summed E-state index contributed by atoms with van der Waals surface area (Å²) in [4.78, 5) is 11.0. The lowest BCUT2D eigenvalue weighted by atomic mass is 10.2. The molecule has 0 aliphatic rings. The van der Waals surface area contributed by atoms with Crippen molar-refractivity contribution in [3.63, 3.8) is 0 Å². The van der Waals surface area contributed by atoms with Gasteiger partial charge in [-0.1, -0.05) is 0 Å². The van der Waals surface area contributed by atoms with Crippen LogP contribution in [0.25, 0.3) is 0 Å². The van der Waals surface area contributed by atoms with Crippen LogP contribution in [0, 0.1) is 11.6 Å². The van der Waals surface area contributed by atoms with Gasteiger partial charge in [0.05, 0.1) is 14.2 Å². The van der Waals surface area contributed by atoms with Crippen LogP contribution in [0.4, 0.5) is 8.78 Å². The molecular formula is C9H8Cl2F2O5S. The van der Waals surface area contributed by atoms with Crippen molar-refractivity contribution < 1.29 is 31.5 Å². The normalized spacial score (nSPS) is 10.2. The fourth-order valence-corrected chi connectivity index (χ4v) is 0.980. The summed E-state index contributed by atoms with van der Waals surface area (Å²) in [7, 11) is 7.08. The topological polar surface area (TPSA) is 69.7 Å². The fraction of sp³-hybridized carbons (Fsp3) is 0.222. The van der Waals surface area contributed by atoms with Crippen LogP contribution in [0.3, 0.4) is 0 Å². The van der Waals surface area contributed by atoms with Crippen LogP contribution in [-0.4, -0.2) is 28.6 Å². The van der Waals surface area contributed by atoms with Gasteiger partial charge >= 0.3 is 14.2 Å². The maximum Gasteiger partial charge on any atom is 0.344 e. The summed E-state index contributed by atoms with van der Waals surface area (Å²) in [6, 6.07) is 2.03. The van der Waals surface area contributed by atoms with E-state index in [9.17, 15) is 13.6 Å². The van der Waals surface area contributed by atoms with Gasteiger partial charge in [0.25, 0.3) is 0 Å². The van der Waals surface area contributed by atoms with Gasteiger partial charge in [0.2, 0.25) is 0 Å². The summed E-state index contributed by atoms with van der Waals surface area (Å²) in [5, 5.41) is 0. The molecule has 0 bridgehead atoms. The maximum atomic E-state index is 13.3. The van der Waals surface area contributed by atoms with Crippen molar-refractivity contribution in [3.05, 3.63) is 29.3 Å². The maximum absolute atomic E-state index is 13.3. The van der Waals surface area contributed by atoms with Crippen LogP contribution in [0.2, 0.25) is 0 Å². The van der Waals surface area contributed by atoms with E-state index < -0.39 is 31.4 Å². The molecule has 10 heteroatoms. The summed E-state index contributed by atoms with van der Waals surface area (Å²) in [5.74, 6) is -3.31. The Labute approximate surface area is 116 Å². The van der Waals surface area contributed by atoms with Gasteiger partial charge in [0.15, 0.2) is 11.6 Å². The highest BCUT2D eigenvalue weighted by Gasteiger charge is 2.21. The van der Waals surface area contributed by atoms with Crippen LogP contribution >= 0.6 is 21.4 Å². The number of rotatable bonds is 2. The Morgan fingerprint density at radius 3 is 2.05 bits per heavy atom. The lowest BCUT2D eigenvalue weighted by molar-refractivity contribution is 0.0589. The monoisotopic (exact) mass is 336 g/mol. The second kappa shape index (κ2) is 7.46. The van der Waals surface area contributed by atoms with E-state index >= 15 is 0 Å². The lowest BCUT2D eigenvalue weighted by Crippen LogP contribution is -2.08. The average Bonchev–Trinajstić information content (AvgIpc) is 2.26. The van der Waals surface area contributed by atoms with Crippen molar-refractivity contribution in [2.24, 2.45) is 0 Å². The summed E-state index contributed by atoms with van der Waals surface area (Å²) in [5.41, 5.74) is -0.744. The van der Waals surface area contributed by atoms with Crippen LogP contribution in [0.5, 0.6) is 5.75 Å². The third-order valence-electron chi connectivity index (χ3n) is 1.67. The molecule has 0 heterocycles. The molecule has 1 rings (SSSR count). The Balaban J connectivity index is 0.000000555. The minimum Gasteiger partial charge on any atom is -0.494 e. The first-order valence-electron chi connectivity index (χ1n) is 4.36. The third-order valence-corrected chi connectivity index (χ3v) is 1.67. The molecule has 108 valence electrons. The van der Waals surface area contributed by atoms with E-state index in [0.29, 0.717) is 0 Å². The molecule has 0 amide bonds. The molecule has 0 saturated heterocycles. The largest absolute Gasteiger partial charge is 0.494 e. The zero-order chi connectivity index (χ0) is 15.2. The quantitative estimate of drug-likeness (QED) is 0.613. The van der Waals surface area contributed by atoms with E-state index in [0.717, 1.165) is 19.2 Å². The molecule has 0 N–H and O–H groups in total. The number of ether oxygens (including phenoxy) is 2. The smallest absolute Gasteiger partial charge is 0.344 e. The van der Waals surface area contributed by atoms with E-state index in [1.165, 1.54) is 7.11 Å². The van der Waals surface area contributed by atoms with Crippen LogP contribution in [0.1, 0.15) is 10.4 Å². The molecule has 0 saturated carbocycles. The number of carbonyl (C=O) groups excluding carboxylic acids is 1. The molecule has 5 nitrogen and oxygen atoms in total. The van der Waals surface area contributed by atoms with Gasteiger partial charge in [0.1, 0.15) is 11.4 Å². The van der Waals surface area contributed by atoms with Crippen molar-refractivity contribution in [1.82, 2.24) is 0 Å². The van der Waals surface area contributed by atoms with Gasteiger partial charge in [-0.25, -0.2) is 13.6 Å². The number of carbonyl (C=O) groups is 1. The number of esters is 1. The van der Waals surface area contributed by atoms with Gasteiger partial charge in [-0.05, 0) is 12.1 Å². The molecule has 1 aromatic carbocycles. The van der Waals surface area contributed by atoms with Gasteiger partial charge in [-0.15, -0.1) is 0 Å². The predicted molar refractivity (Wildman–Crippen MR) is 64.9 cm³/mol. The molecule has 0 unspecified atom stereocenters. The highest BCUT2D eigenvalue weighted by molar-refractivity contribution is 8.31. The zero-order valence-corrected chi connectivity index (χ0v) is 11.9. The molecule has 19 heavy (non-hydrogen) atoms. The second-order valence-electron chi connectivity index (χ2n) is 2.81. The minimum atomic E-state index is -3.72. The Hall–Kier alpha value is -1.12. The molecule has 0 fully saturated rings. The summed E-state index contributed by atoms with van der Waals surface area (Å²) >= 11 is 0. The number of hydrogen-bond donors (Lipinski definition) is 0. The predicted octanol–water partition coefficient (Wildman–Crippen LogP) is 2.47. The van der Waals surface area contributed by atoms with Crippen LogP contribution < -0.4 is 4.74 Å². The first kappa shape index (κ1) is 17.9. The molecule has 0 aromatic heterocycles. The van der Waals surface area contributed by atoms with Crippen LogP contribution in [-0.2, 0) is 13.0 Å². The Bertz CT molecular complexity index is 554. The molecule has 0 aliphatic heterocycles. The SMILES string of the molecule is COC(=O)c1c(F)ccc(OC)c1F.O=S(=O)(Cl)Cl. The summed E-state index contributed by atoms with van der Waals surface area (Å²) in [6.07, 6.45) is 0. The van der Waals surface area contributed by atoms with Crippen molar-refractivity contribution in [2.75, 3.05) is 14.2 Å². The Morgan fingerprint density at radius 1 is 1.21 bits per heavy atom. The number of halogens is 4. The van der Waals surface area contributed by atoms with Gasteiger partial charge < -0.3 is 9.47 Å². The van der Waals surface area contributed by atoms with Crippen LogP contribution in [0.15, 0.2) is 12.1 Å². The molecule has 0 radical (unpaired) electrons. The van der Waals surface area contributed by atoms with Gasteiger partial charge in [-0.3, -0.25) is 0 Å². The van der Waals surface area contributed by atoms with Crippen molar-refractivity contribution >= 4 is 35.6 Å². The summed E-state index contributed by atoms with van der Waals surface area (Å²) < 4.78 is 53.4. The van der Waals surface area contributed by atoms with E-state index in [-0.39, 0.29) is 5.75 Å². The molecule has 0 spiro atoms. The molecular weight excluding hydrogens is 329 g/mol. The molecule has 0 atom stereocenters. The molecule has 0 aliphatic carbocycles. The fourth-order valence-electron chi connectivity index (χ4n) is 0.980. The van der Waals surface area contributed by atoms with Crippen molar-refractivity contribution in [2.45, 2.75) is 0 Å². The van der Waals surface area contributed by atoms with E-state index in [1.54, 1.807) is 0 Å². The first-order chi connectivity index (χ1) is 8.61. The second-order valence-corrected chi connectivity index (χ2v) is 6.48. The Kier molecular flexibility index (Phi) is 7.02. The zero-order valence-electron chi connectivity index (χ0n) is 9.62. The standard InChI is InChI=1S/C9H8F2O3.Cl2O2S/c1-13-6-4-3-5(10)7(8(6)11)9(12)14-2;1-5(2,3)4/h3-4H,1-2H3;. The van der Waals surface area contributed by atoms with Gasteiger partial charge in [0, 0.05) is 21.4 Å². The Morgan fingerprint density at radius 2 is 1.68 bits per heavy atom. The highest BCUT2D eigenvalue weighted by Crippen LogP contribution is 2.23. The van der Waals surface area contributed by atoms with Crippen molar-refractivity contribution in [3.8, 4) is 5.75 Å². The highest BCUT2D eigenvalue weighted by atomic mass is 36.0. The van der Waals surface area contributed by atoms with Gasteiger partial charge in [-0.2, -0.15) is 8.42 Å². The number of benzene rings is 1.